The molecule has 0 spiro atoms. The van der Waals surface area contributed by atoms with Crippen molar-refractivity contribution in [3.63, 3.8) is 0 Å². The van der Waals surface area contributed by atoms with Gasteiger partial charge in [0.05, 0.1) is 11.4 Å². The van der Waals surface area contributed by atoms with Crippen molar-refractivity contribution in [3.05, 3.63) is 59.0 Å². The van der Waals surface area contributed by atoms with Crippen LogP contribution in [0.15, 0.2) is 42.6 Å². The first kappa shape index (κ1) is 12.1. The number of anilines is 1. The molecule has 0 fully saturated rings. The summed E-state index contributed by atoms with van der Waals surface area (Å²) in [6.45, 7) is 2.71. The van der Waals surface area contributed by atoms with Crippen LogP contribution in [0.3, 0.4) is 0 Å². The van der Waals surface area contributed by atoms with Crippen molar-refractivity contribution in [2.75, 3.05) is 5.32 Å². The van der Waals surface area contributed by atoms with Gasteiger partial charge in [0.2, 0.25) is 0 Å². The minimum atomic E-state index is 0.524. The molecule has 0 saturated carbocycles. The predicted molar refractivity (Wildman–Crippen MR) is 79.6 cm³/mol. The van der Waals surface area contributed by atoms with Crippen LogP contribution in [0.4, 0.5) is 5.69 Å². The highest BCUT2D eigenvalue weighted by Gasteiger charge is 2.01. The normalized spacial score (nSPS) is 10.8. The third-order valence-electron chi connectivity index (χ3n) is 3.15. The van der Waals surface area contributed by atoms with Crippen molar-refractivity contribution in [2.24, 2.45) is 0 Å². The van der Waals surface area contributed by atoms with Crippen molar-refractivity contribution in [1.82, 2.24) is 9.97 Å². The van der Waals surface area contributed by atoms with Gasteiger partial charge in [0.25, 0.3) is 0 Å². The van der Waals surface area contributed by atoms with E-state index < -0.39 is 0 Å². The van der Waals surface area contributed by atoms with Crippen molar-refractivity contribution < 1.29 is 0 Å². The first-order valence-corrected chi connectivity index (χ1v) is 6.53. The Balaban J connectivity index is 1.77. The number of hydrogen-bond donors (Lipinski definition) is 2. The lowest BCUT2D eigenvalue weighted by Crippen LogP contribution is -2.02. The van der Waals surface area contributed by atoms with Crippen LogP contribution < -0.4 is 5.32 Å². The number of hydrogen-bond acceptors (Lipinski definition) is 2. The van der Waals surface area contributed by atoms with Crippen LogP contribution in [-0.2, 0) is 6.54 Å². The molecule has 0 amide bonds. The molecule has 0 unspecified atom stereocenters. The zero-order valence-corrected chi connectivity index (χ0v) is 11.3. The molecule has 1 aromatic carbocycles. The quantitative estimate of drug-likeness (QED) is 0.703. The number of halogens is 1. The Kier molecular flexibility index (Phi) is 3.13. The van der Waals surface area contributed by atoms with Gasteiger partial charge in [0.15, 0.2) is 0 Å². The smallest absolute Gasteiger partial charge is 0.129 e. The van der Waals surface area contributed by atoms with E-state index >= 15 is 0 Å². The van der Waals surface area contributed by atoms with Crippen molar-refractivity contribution in [2.45, 2.75) is 13.5 Å². The fourth-order valence-electron chi connectivity index (χ4n) is 2.12. The lowest BCUT2D eigenvalue weighted by atomic mass is 10.1. The average molecular weight is 272 g/mol. The second-order valence-corrected chi connectivity index (χ2v) is 4.91. The summed E-state index contributed by atoms with van der Waals surface area (Å²) in [5.74, 6) is 0. The lowest BCUT2D eigenvalue weighted by Gasteiger charge is -2.09. The molecule has 0 bridgehead atoms. The van der Waals surface area contributed by atoms with Gasteiger partial charge >= 0.3 is 0 Å². The van der Waals surface area contributed by atoms with Gasteiger partial charge in [0.1, 0.15) is 5.15 Å². The summed E-state index contributed by atoms with van der Waals surface area (Å²) in [5.41, 5.74) is 4.30. The zero-order chi connectivity index (χ0) is 13.2. The molecule has 3 aromatic rings. The molecule has 19 heavy (non-hydrogen) atoms. The zero-order valence-electron chi connectivity index (χ0n) is 10.6. The average Bonchev–Trinajstić information content (AvgIpc) is 2.85. The highest BCUT2D eigenvalue weighted by atomic mass is 35.5. The Hall–Kier alpha value is -2.00. The number of nitrogens with one attached hydrogen (secondary N) is 2. The van der Waals surface area contributed by atoms with Crippen LogP contribution in [0.25, 0.3) is 10.9 Å². The second-order valence-electron chi connectivity index (χ2n) is 4.52. The van der Waals surface area contributed by atoms with E-state index in [1.54, 1.807) is 6.07 Å². The van der Waals surface area contributed by atoms with E-state index in [2.05, 4.69) is 39.6 Å². The largest absolute Gasteiger partial charge is 0.379 e. The van der Waals surface area contributed by atoms with Crippen LogP contribution in [-0.4, -0.2) is 9.97 Å². The van der Waals surface area contributed by atoms with Crippen LogP contribution in [0.2, 0.25) is 5.15 Å². The molecule has 0 aliphatic carbocycles. The van der Waals surface area contributed by atoms with Gasteiger partial charge in [-0.3, -0.25) is 0 Å². The number of pyridine rings is 1. The number of H-pyrrole nitrogens is 1. The predicted octanol–water partition coefficient (Wildman–Crippen LogP) is 4.14. The third kappa shape index (κ3) is 2.56. The number of aryl methyl sites for hydroxylation is 1. The highest BCUT2D eigenvalue weighted by molar-refractivity contribution is 6.29. The Bertz CT molecular complexity index is 718. The number of fused-ring (bicyclic) bond motifs is 1. The Morgan fingerprint density at radius 2 is 2.11 bits per heavy atom. The molecular formula is C15H14ClN3. The van der Waals surface area contributed by atoms with Gasteiger partial charge in [-0.25, -0.2) is 4.98 Å². The maximum absolute atomic E-state index is 5.84. The van der Waals surface area contributed by atoms with E-state index in [0.29, 0.717) is 5.15 Å². The first-order valence-electron chi connectivity index (χ1n) is 6.15. The number of aromatic amines is 1. The fraction of sp³-hybridized carbons (Fsp3) is 0.133. The van der Waals surface area contributed by atoms with Crippen LogP contribution in [0.5, 0.6) is 0 Å². The molecule has 2 aromatic heterocycles. The van der Waals surface area contributed by atoms with Crippen molar-refractivity contribution in [3.8, 4) is 0 Å². The summed E-state index contributed by atoms with van der Waals surface area (Å²) in [6.07, 6.45) is 1.95. The van der Waals surface area contributed by atoms with Gasteiger partial charge in [-0.15, -0.1) is 0 Å². The van der Waals surface area contributed by atoms with E-state index in [1.165, 1.54) is 10.9 Å². The van der Waals surface area contributed by atoms with E-state index in [9.17, 15) is 0 Å². The fourth-order valence-corrected chi connectivity index (χ4v) is 2.31. The molecule has 0 atom stereocenters. The van der Waals surface area contributed by atoms with E-state index in [0.717, 1.165) is 23.4 Å². The molecule has 2 N–H and O–H groups in total. The molecule has 3 rings (SSSR count). The monoisotopic (exact) mass is 271 g/mol. The molecule has 96 valence electrons. The summed E-state index contributed by atoms with van der Waals surface area (Å²) in [5, 5.41) is 5.13. The maximum atomic E-state index is 5.84. The summed E-state index contributed by atoms with van der Waals surface area (Å²) in [7, 11) is 0. The number of nitrogens with zero attached hydrogens (tertiary/aromatic N) is 1. The van der Waals surface area contributed by atoms with Crippen molar-refractivity contribution >= 4 is 28.2 Å². The van der Waals surface area contributed by atoms with Crippen LogP contribution in [0, 0.1) is 6.92 Å². The Labute approximate surface area is 116 Å². The summed E-state index contributed by atoms with van der Waals surface area (Å²) < 4.78 is 0. The van der Waals surface area contributed by atoms with Crippen LogP contribution in [0.1, 0.15) is 11.3 Å². The van der Waals surface area contributed by atoms with Gasteiger partial charge in [-0.2, -0.15) is 0 Å². The molecule has 0 aliphatic heterocycles. The minimum absolute atomic E-state index is 0.524. The second kappa shape index (κ2) is 4.94. The van der Waals surface area contributed by atoms with Gasteiger partial charge < -0.3 is 10.3 Å². The molecular weight excluding hydrogens is 258 g/mol. The highest BCUT2D eigenvalue weighted by Crippen LogP contribution is 2.18. The maximum Gasteiger partial charge on any atom is 0.129 e. The van der Waals surface area contributed by atoms with E-state index in [-0.39, 0.29) is 0 Å². The summed E-state index contributed by atoms with van der Waals surface area (Å²) in [6, 6.07) is 12.2. The number of aromatic nitrogens is 2. The van der Waals surface area contributed by atoms with Crippen molar-refractivity contribution in [1.29, 1.82) is 0 Å². The van der Waals surface area contributed by atoms with Gasteiger partial charge in [-0.1, -0.05) is 23.7 Å². The standard InChI is InChI=1S/C15H14ClN3/c1-10-13(4-5-15(16)19-10)18-9-11-2-3-12-6-7-17-14(12)8-11/h2-8,17-18H,9H2,1H3. The Morgan fingerprint density at radius 1 is 1.21 bits per heavy atom. The number of benzene rings is 1. The summed E-state index contributed by atoms with van der Waals surface area (Å²) in [4.78, 5) is 7.44. The minimum Gasteiger partial charge on any atom is -0.379 e. The number of rotatable bonds is 3. The Morgan fingerprint density at radius 3 is 2.95 bits per heavy atom. The van der Waals surface area contributed by atoms with E-state index in [4.69, 9.17) is 11.6 Å². The van der Waals surface area contributed by atoms with Crippen LogP contribution >= 0.6 is 11.6 Å². The van der Waals surface area contributed by atoms with Gasteiger partial charge in [-0.05, 0) is 42.1 Å². The molecule has 4 heteroatoms. The molecule has 3 nitrogen and oxygen atoms in total. The first-order chi connectivity index (χ1) is 9.22. The molecule has 0 radical (unpaired) electrons. The summed E-state index contributed by atoms with van der Waals surface area (Å²) >= 11 is 5.84. The van der Waals surface area contributed by atoms with E-state index in [1.807, 2.05) is 19.2 Å². The van der Waals surface area contributed by atoms with Gasteiger partial charge in [0, 0.05) is 18.3 Å². The molecule has 0 aliphatic rings. The topological polar surface area (TPSA) is 40.7 Å². The molecule has 0 saturated heterocycles. The third-order valence-corrected chi connectivity index (χ3v) is 3.36. The SMILES string of the molecule is Cc1nc(Cl)ccc1NCc1ccc2cc[nH]c2c1. The molecule has 2 heterocycles. The lowest BCUT2D eigenvalue weighted by molar-refractivity contribution is 1.11.